The van der Waals surface area contributed by atoms with Crippen molar-refractivity contribution in [1.29, 1.82) is 0 Å². The van der Waals surface area contributed by atoms with Gasteiger partial charge in [0.25, 0.3) is 16.9 Å². The van der Waals surface area contributed by atoms with Gasteiger partial charge in [-0.1, -0.05) is 146 Å². The second-order valence-corrected chi connectivity index (χ2v) is 26.3. The second kappa shape index (κ2) is 30.3. The molecule has 6 aromatic carbocycles. The van der Waals surface area contributed by atoms with Gasteiger partial charge in [-0.25, -0.2) is 44.8 Å². The standard InChI is InChI=1S/6C15H15N2/c1-12-7-3-4-8-13(12)15-14-9-5-6-10-17(14)11-16(15)2;1-12-6-3-4-8-14(12)15-10-13-7-5-9-17(13)11-16(15)2;1-12-6-3-4-7-13(12)14-8-11-17-10-5-9-16(2)15(14)17;1-12-6-3-4-7-13(12)14-9-11-17-10-5-8-15(17)16(14)2;1-12-6-3-4-7-13(12)15-14-8-5-9-17(14)11-10-16(15)2;1-12-6-3-4-7-13(12)14-8-5-9-17-11-10-16(2)15(14)17/h6*3-11H,1-2H3/q6*+1. The summed E-state index contributed by atoms with van der Waals surface area (Å²) in [6.45, 7) is 12.9. The Morgan fingerprint density at radius 3 is 1.25 bits per heavy atom. The van der Waals surface area contributed by atoms with Gasteiger partial charge >= 0.3 is 0 Å². The first-order valence-corrected chi connectivity index (χ1v) is 34.7. The average molecular weight is 1340 g/mol. The first kappa shape index (κ1) is 68.0. The lowest BCUT2D eigenvalue weighted by Crippen LogP contribution is -2.33. The number of imidazole rings is 2. The third-order valence-electron chi connectivity index (χ3n) is 19.3. The summed E-state index contributed by atoms with van der Waals surface area (Å²) >= 11 is 0. The van der Waals surface area contributed by atoms with E-state index in [1.54, 1.807) is 0 Å². The molecule has 12 nitrogen and oxygen atoms in total. The van der Waals surface area contributed by atoms with E-state index >= 15 is 0 Å². The van der Waals surface area contributed by atoms with Crippen LogP contribution >= 0.6 is 0 Å². The number of fused-ring (bicyclic) bond motifs is 6. The molecule has 102 heavy (non-hydrogen) atoms. The van der Waals surface area contributed by atoms with Gasteiger partial charge < -0.3 is 4.40 Å². The van der Waals surface area contributed by atoms with Gasteiger partial charge in [-0.05, 0) is 153 Å². The van der Waals surface area contributed by atoms with Crippen LogP contribution in [-0.4, -0.2) is 26.4 Å². The fourth-order valence-electron chi connectivity index (χ4n) is 13.9. The Morgan fingerprint density at radius 1 is 0.235 bits per heavy atom. The van der Waals surface area contributed by atoms with Gasteiger partial charge in [0.2, 0.25) is 18.3 Å². The maximum absolute atomic E-state index is 2.22. The van der Waals surface area contributed by atoms with E-state index in [-0.39, 0.29) is 0 Å². The molecule has 18 aromatic rings. The third-order valence-corrected chi connectivity index (χ3v) is 19.3. The highest BCUT2D eigenvalue weighted by molar-refractivity contribution is 5.80. The minimum Gasteiger partial charge on any atom is -0.312 e. The summed E-state index contributed by atoms with van der Waals surface area (Å²) in [5.74, 6) is 0. The summed E-state index contributed by atoms with van der Waals surface area (Å²) in [4.78, 5) is 0. The Kier molecular flexibility index (Phi) is 20.2. The summed E-state index contributed by atoms with van der Waals surface area (Å²) in [6, 6.07) is 82.8. The molecule has 504 valence electrons. The molecule has 12 heterocycles. The predicted octanol–water partition coefficient (Wildman–Crippen LogP) is 16.4. The maximum atomic E-state index is 2.22. The highest BCUT2D eigenvalue weighted by atomic mass is 15.1. The van der Waals surface area contributed by atoms with Crippen molar-refractivity contribution in [3.63, 3.8) is 0 Å². The van der Waals surface area contributed by atoms with Crippen LogP contribution in [0.15, 0.2) is 330 Å². The van der Waals surface area contributed by atoms with Crippen LogP contribution in [0.4, 0.5) is 0 Å². The van der Waals surface area contributed by atoms with E-state index in [2.05, 4.69) is 467 Å². The van der Waals surface area contributed by atoms with E-state index in [1.807, 2.05) is 0 Å². The van der Waals surface area contributed by atoms with Crippen LogP contribution in [-0.2, 0) is 42.3 Å². The summed E-state index contributed by atoms with van der Waals surface area (Å²) in [5, 5.41) is 0. The molecular weight excluding hydrogens is 1250 g/mol. The Morgan fingerprint density at radius 2 is 0.627 bits per heavy atom. The molecule has 0 atom stereocenters. The number of aryl methyl sites for hydroxylation is 12. The second-order valence-electron chi connectivity index (χ2n) is 26.3. The minimum atomic E-state index is 1.20. The molecule has 0 fully saturated rings. The van der Waals surface area contributed by atoms with Gasteiger partial charge in [0.15, 0.2) is 17.4 Å². The topological polar surface area (TPSA) is 49.7 Å². The average Bonchev–Trinajstić information content (AvgIpc) is 1.58. The molecule has 0 saturated heterocycles. The van der Waals surface area contributed by atoms with Gasteiger partial charge in [0.1, 0.15) is 48.1 Å². The van der Waals surface area contributed by atoms with Gasteiger partial charge in [0.05, 0.1) is 102 Å². The number of hydrogen-bond acceptors (Lipinski definition) is 0. The molecule has 12 aromatic heterocycles. The number of nitrogens with zero attached hydrogens (tertiary/aromatic N) is 12. The van der Waals surface area contributed by atoms with E-state index in [0.29, 0.717) is 0 Å². The number of pyridine rings is 2. The van der Waals surface area contributed by atoms with Crippen molar-refractivity contribution in [1.82, 2.24) is 26.4 Å². The predicted molar refractivity (Wildman–Crippen MR) is 412 cm³/mol. The van der Waals surface area contributed by atoms with Crippen LogP contribution in [0, 0.1) is 41.5 Å². The van der Waals surface area contributed by atoms with E-state index in [9.17, 15) is 0 Å². The van der Waals surface area contributed by atoms with Gasteiger partial charge in [0, 0.05) is 47.2 Å². The van der Waals surface area contributed by atoms with Crippen LogP contribution < -0.4 is 27.4 Å². The van der Waals surface area contributed by atoms with E-state index in [0.717, 1.165) is 0 Å². The van der Waals surface area contributed by atoms with Crippen molar-refractivity contribution in [3.8, 4) is 67.3 Å². The molecular formula is C90H90N12+6. The Hall–Kier alpha value is -12.5. The zero-order valence-electron chi connectivity index (χ0n) is 60.5. The smallest absolute Gasteiger partial charge is 0.293 e. The summed E-state index contributed by atoms with van der Waals surface area (Å²) in [5.41, 5.74) is 30.5. The molecule has 0 amide bonds. The normalized spacial score (nSPS) is 10.9. The van der Waals surface area contributed by atoms with Crippen molar-refractivity contribution >= 4 is 33.5 Å². The van der Waals surface area contributed by atoms with Gasteiger partial charge in [-0.3, -0.25) is 0 Å². The zero-order valence-corrected chi connectivity index (χ0v) is 60.5. The minimum absolute atomic E-state index is 1.20. The maximum Gasteiger partial charge on any atom is 0.293 e. The van der Waals surface area contributed by atoms with Crippen LogP contribution in [0.2, 0.25) is 0 Å². The molecule has 0 unspecified atom stereocenters. The zero-order chi connectivity index (χ0) is 71.0. The van der Waals surface area contributed by atoms with E-state index in [1.165, 1.54) is 134 Å². The SMILES string of the molecule is Cc1ccccc1-c1c2ccccn2c[n+]1C.Cc1ccccc1-c1c2cccn2cc[n+]1C.Cc1ccccc1-c1cc2cccn2c[n+]1C.Cc1ccccc1-c1cccn2cc[n+](C)c12.Cc1ccccc1-c1ccn2ccc[n+](C)c12.Cc1ccccc1-c1ccn2cccc2[n+]1C. The Bertz CT molecular complexity index is 5910. The monoisotopic (exact) mass is 1340 g/mol. The van der Waals surface area contributed by atoms with Crippen molar-refractivity contribution in [3.05, 3.63) is 363 Å². The summed E-state index contributed by atoms with van der Waals surface area (Å²) in [7, 11) is 12.5. The molecule has 0 bridgehead atoms. The van der Waals surface area contributed by atoms with Crippen LogP contribution in [0.5, 0.6) is 0 Å². The molecule has 0 aliphatic rings. The van der Waals surface area contributed by atoms with Crippen LogP contribution in [0.25, 0.3) is 101 Å². The quantitative estimate of drug-likeness (QED) is 0.149. The van der Waals surface area contributed by atoms with E-state index < -0.39 is 0 Å². The lowest BCUT2D eigenvalue weighted by molar-refractivity contribution is -0.663. The molecule has 0 aliphatic carbocycles. The first-order chi connectivity index (χ1) is 49.6. The van der Waals surface area contributed by atoms with E-state index in [4.69, 9.17) is 0 Å². The number of rotatable bonds is 6. The third kappa shape index (κ3) is 14.2. The van der Waals surface area contributed by atoms with Crippen molar-refractivity contribution in [2.45, 2.75) is 41.5 Å². The molecule has 0 aliphatic heterocycles. The molecule has 12 heteroatoms. The van der Waals surface area contributed by atoms with Crippen molar-refractivity contribution in [2.75, 3.05) is 0 Å². The highest BCUT2D eigenvalue weighted by Gasteiger charge is 2.21. The summed E-state index contributed by atoms with van der Waals surface area (Å²) < 4.78 is 25.9. The molecule has 0 N–H and O–H groups in total. The fraction of sp³-hybridized carbons (Fsp3) is 0.133. The van der Waals surface area contributed by atoms with Gasteiger partial charge in [-0.2, -0.15) is 4.57 Å². The first-order valence-electron chi connectivity index (χ1n) is 34.7. The van der Waals surface area contributed by atoms with Crippen LogP contribution in [0.1, 0.15) is 33.4 Å². The molecule has 0 radical (unpaired) electrons. The van der Waals surface area contributed by atoms with Crippen LogP contribution in [0.3, 0.4) is 0 Å². The fourth-order valence-corrected chi connectivity index (χ4v) is 13.9. The lowest BCUT2D eigenvalue weighted by atomic mass is 10.0. The van der Waals surface area contributed by atoms with Crippen molar-refractivity contribution < 1.29 is 27.4 Å². The number of benzene rings is 6. The largest absolute Gasteiger partial charge is 0.312 e. The molecule has 0 saturated carbocycles. The van der Waals surface area contributed by atoms with Crippen molar-refractivity contribution in [2.24, 2.45) is 42.3 Å². The highest BCUT2D eigenvalue weighted by Crippen LogP contribution is 2.30. The lowest BCUT2D eigenvalue weighted by Gasteiger charge is -2.07. The Balaban J connectivity index is 0.000000109. The number of aromatic nitrogens is 12. The summed E-state index contributed by atoms with van der Waals surface area (Å²) in [6.07, 6.45) is 31.3. The number of hydrogen-bond donors (Lipinski definition) is 0. The molecule has 0 spiro atoms. The molecule has 18 rings (SSSR count). The Labute approximate surface area is 598 Å². The van der Waals surface area contributed by atoms with Gasteiger partial charge in [-0.15, -0.1) is 0 Å².